The summed E-state index contributed by atoms with van der Waals surface area (Å²) in [7, 11) is 0. The van der Waals surface area contributed by atoms with Gasteiger partial charge in [0.05, 0.1) is 12.6 Å². The van der Waals surface area contributed by atoms with Crippen molar-refractivity contribution in [3.63, 3.8) is 0 Å². The summed E-state index contributed by atoms with van der Waals surface area (Å²) in [5, 5.41) is 3.09. The van der Waals surface area contributed by atoms with Crippen molar-refractivity contribution < 1.29 is 9.53 Å². The molecule has 1 aliphatic heterocycles. The van der Waals surface area contributed by atoms with Crippen molar-refractivity contribution in [3.05, 3.63) is 0 Å². The number of carbonyl (C=O) groups excluding carboxylic acids is 1. The van der Waals surface area contributed by atoms with Gasteiger partial charge in [-0.05, 0) is 31.7 Å². The van der Waals surface area contributed by atoms with Gasteiger partial charge in [0.2, 0.25) is 5.91 Å². The van der Waals surface area contributed by atoms with E-state index in [0.717, 1.165) is 32.3 Å². The van der Waals surface area contributed by atoms with E-state index in [2.05, 4.69) is 5.32 Å². The van der Waals surface area contributed by atoms with E-state index < -0.39 is 0 Å². The molecule has 4 nitrogen and oxygen atoms in total. The van der Waals surface area contributed by atoms with Gasteiger partial charge in [-0.1, -0.05) is 12.8 Å². The average molecular weight is 226 g/mol. The van der Waals surface area contributed by atoms with E-state index in [1.807, 2.05) is 0 Å². The summed E-state index contributed by atoms with van der Waals surface area (Å²) in [5.41, 5.74) is 5.73. The minimum Gasteiger partial charge on any atom is -0.379 e. The molecule has 0 spiro atoms. The first-order chi connectivity index (χ1) is 7.81. The van der Waals surface area contributed by atoms with E-state index >= 15 is 0 Å². The number of hydrogen-bond donors (Lipinski definition) is 2. The number of carbonyl (C=O) groups is 1. The minimum absolute atomic E-state index is 0.138. The van der Waals surface area contributed by atoms with Gasteiger partial charge in [0, 0.05) is 12.5 Å². The largest absolute Gasteiger partial charge is 0.379 e. The van der Waals surface area contributed by atoms with Crippen LogP contribution in [0.2, 0.25) is 0 Å². The summed E-state index contributed by atoms with van der Waals surface area (Å²) < 4.78 is 5.26. The molecule has 3 unspecified atom stereocenters. The highest BCUT2D eigenvalue weighted by molar-refractivity contribution is 5.79. The fraction of sp³-hybridized carbons (Fsp3) is 0.917. The van der Waals surface area contributed by atoms with Gasteiger partial charge in [-0.25, -0.2) is 0 Å². The molecule has 0 aromatic heterocycles. The molecule has 1 saturated heterocycles. The summed E-state index contributed by atoms with van der Waals surface area (Å²) >= 11 is 0. The van der Waals surface area contributed by atoms with E-state index in [-0.39, 0.29) is 17.9 Å². The molecule has 4 heteroatoms. The Kier molecular flexibility index (Phi) is 4.18. The molecule has 2 rings (SSSR count). The standard InChI is InChI=1S/C12H22N2O2/c13-7-9-3-1-2-4-11(9)12(15)14-10-5-6-16-8-10/h9-11H,1-8,13H2,(H,14,15). The summed E-state index contributed by atoms with van der Waals surface area (Å²) in [6.45, 7) is 2.08. The first kappa shape index (κ1) is 11.9. The van der Waals surface area contributed by atoms with Crippen LogP contribution in [0.3, 0.4) is 0 Å². The van der Waals surface area contributed by atoms with Gasteiger partial charge in [0.1, 0.15) is 0 Å². The van der Waals surface area contributed by atoms with E-state index in [9.17, 15) is 4.79 Å². The summed E-state index contributed by atoms with van der Waals surface area (Å²) in [6.07, 6.45) is 5.44. The van der Waals surface area contributed by atoms with Crippen LogP contribution in [0.4, 0.5) is 0 Å². The lowest BCUT2D eigenvalue weighted by Gasteiger charge is -2.30. The third kappa shape index (κ3) is 2.74. The van der Waals surface area contributed by atoms with Crippen molar-refractivity contribution in [2.75, 3.05) is 19.8 Å². The molecule has 0 aromatic carbocycles. The molecule has 1 saturated carbocycles. The number of nitrogens with one attached hydrogen (secondary N) is 1. The smallest absolute Gasteiger partial charge is 0.223 e. The van der Waals surface area contributed by atoms with Gasteiger partial charge in [-0.3, -0.25) is 4.79 Å². The van der Waals surface area contributed by atoms with E-state index in [0.29, 0.717) is 19.1 Å². The first-order valence-electron chi connectivity index (χ1n) is 6.39. The number of nitrogens with two attached hydrogens (primary N) is 1. The van der Waals surface area contributed by atoms with Gasteiger partial charge in [0.15, 0.2) is 0 Å². The highest BCUT2D eigenvalue weighted by Crippen LogP contribution is 2.29. The molecule has 0 radical (unpaired) electrons. The molecule has 1 amide bonds. The van der Waals surface area contributed by atoms with Crippen LogP contribution in [0.1, 0.15) is 32.1 Å². The molecule has 0 bridgehead atoms. The summed E-state index contributed by atoms with van der Waals surface area (Å²) in [6, 6.07) is 0.229. The normalized spacial score (nSPS) is 34.9. The first-order valence-corrected chi connectivity index (χ1v) is 6.39. The summed E-state index contributed by atoms with van der Waals surface area (Å²) in [4.78, 5) is 12.1. The predicted octanol–water partition coefficient (Wildman–Crippen LogP) is 0.657. The zero-order valence-corrected chi connectivity index (χ0v) is 9.78. The zero-order chi connectivity index (χ0) is 11.4. The lowest BCUT2D eigenvalue weighted by atomic mass is 9.78. The molecule has 92 valence electrons. The van der Waals surface area contributed by atoms with Gasteiger partial charge in [0.25, 0.3) is 0 Å². The Morgan fingerprint density at radius 2 is 2.12 bits per heavy atom. The molecule has 16 heavy (non-hydrogen) atoms. The van der Waals surface area contributed by atoms with E-state index in [1.165, 1.54) is 6.42 Å². The molecule has 0 aromatic rings. The molecule has 3 atom stereocenters. The monoisotopic (exact) mass is 226 g/mol. The Labute approximate surface area is 96.9 Å². The van der Waals surface area contributed by atoms with Crippen LogP contribution in [-0.4, -0.2) is 31.7 Å². The lowest BCUT2D eigenvalue weighted by molar-refractivity contribution is -0.128. The predicted molar refractivity (Wildman–Crippen MR) is 61.9 cm³/mol. The highest BCUT2D eigenvalue weighted by Gasteiger charge is 2.31. The fourth-order valence-electron chi connectivity index (χ4n) is 2.79. The van der Waals surface area contributed by atoms with Crippen molar-refractivity contribution in [2.24, 2.45) is 17.6 Å². The van der Waals surface area contributed by atoms with Crippen LogP contribution in [-0.2, 0) is 9.53 Å². The van der Waals surface area contributed by atoms with Crippen LogP contribution >= 0.6 is 0 Å². The molecular formula is C12H22N2O2. The molecule has 2 aliphatic rings. The maximum atomic E-state index is 12.1. The fourth-order valence-corrected chi connectivity index (χ4v) is 2.79. The summed E-state index contributed by atoms with van der Waals surface area (Å²) in [5.74, 6) is 0.723. The third-order valence-electron chi connectivity index (χ3n) is 3.82. The zero-order valence-electron chi connectivity index (χ0n) is 9.78. The second-order valence-corrected chi connectivity index (χ2v) is 4.96. The highest BCUT2D eigenvalue weighted by atomic mass is 16.5. The van der Waals surface area contributed by atoms with Crippen LogP contribution in [0.5, 0.6) is 0 Å². The Hall–Kier alpha value is -0.610. The number of amides is 1. The van der Waals surface area contributed by atoms with Crippen molar-refractivity contribution in [1.29, 1.82) is 0 Å². The lowest BCUT2D eigenvalue weighted by Crippen LogP contribution is -2.44. The quantitative estimate of drug-likeness (QED) is 0.743. The number of hydrogen-bond acceptors (Lipinski definition) is 3. The van der Waals surface area contributed by atoms with E-state index in [4.69, 9.17) is 10.5 Å². The van der Waals surface area contributed by atoms with Crippen molar-refractivity contribution in [2.45, 2.75) is 38.1 Å². The number of ether oxygens (including phenoxy) is 1. The maximum Gasteiger partial charge on any atom is 0.223 e. The second-order valence-electron chi connectivity index (χ2n) is 4.96. The average Bonchev–Trinajstić information content (AvgIpc) is 2.81. The topological polar surface area (TPSA) is 64.4 Å². The maximum absolute atomic E-state index is 12.1. The molecule has 2 fully saturated rings. The van der Waals surface area contributed by atoms with Crippen molar-refractivity contribution in [1.82, 2.24) is 5.32 Å². The van der Waals surface area contributed by atoms with Gasteiger partial charge < -0.3 is 15.8 Å². The van der Waals surface area contributed by atoms with Crippen LogP contribution in [0.25, 0.3) is 0 Å². The minimum atomic E-state index is 0.138. The van der Waals surface area contributed by atoms with Crippen molar-refractivity contribution >= 4 is 5.91 Å². The molecule has 1 aliphatic carbocycles. The van der Waals surface area contributed by atoms with Crippen molar-refractivity contribution in [3.8, 4) is 0 Å². The van der Waals surface area contributed by atoms with Crippen LogP contribution < -0.4 is 11.1 Å². The Morgan fingerprint density at radius 1 is 1.31 bits per heavy atom. The molecule has 1 heterocycles. The van der Waals surface area contributed by atoms with E-state index in [1.54, 1.807) is 0 Å². The molecule has 3 N–H and O–H groups in total. The van der Waals surface area contributed by atoms with Crippen LogP contribution in [0.15, 0.2) is 0 Å². The van der Waals surface area contributed by atoms with Gasteiger partial charge in [-0.15, -0.1) is 0 Å². The number of rotatable bonds is 3. The Morgan fingerprint density at radius 3 is 2.81 bits per heavy atom. The Bertz CT molecular complexity index is 239. The van der Waals surface area contributed by atoms with Gasteiger partial charge in [-0.2, -0.15) is 0 Å². The third-order valence-corrected chi connectivity index (χ3v) is 3.82. The van der Waals surface area contributed by atoms with Crippen LogP contribution in [0, 0.1) is 11.8 Å². The molecular weight excluding hydrogens is 204 g/mol. The SMILES string of the molecule is NCC1CCCCC1C(=O)NC1CCOC1. The second kappa shape index (κ2) is 5.64. The Balaban J connectivity index is 1.86. The van der Waals surface area contributed by atoms with Gasteiger partial charge >= 0.3 is 0 Å².